The molecular weight excluding hydrogens is 229 g/mol. The average Bonchev–Trinajstić information content (AvgIpc) is 3.18. The number of unbranched alkanes of at least 4 members (excludes halogenated alkanes) is 2. The van der Waals surface area contributed by atoms with Gasteiger partial charge in [-0.15, -0.1) is 0 Å². The minimum atomic E-state index is -0.259. The fourth-order valence-electron chi connectivity index (χ4n) is 2.09. The van der Waals surface area contributed by atoms with Crippen molar-refractivity contribution in [2.75, 3.05) is 13.7 Å². The molecule has 0 spiro atoms. The largest absolute Gasteiger partial charge is 0.494 e. The third kappa shape index (κ3) is 4.30. The maximum Gasteiger partial charge on any atom is 0.165 e. The minimum Gasteiger partial charge on any atom is -0.494 e. The first-order chi connectivity index (χ1) is 8.79. The first-order valence-electron chi connectivity index (χ1n) is 6.85. The molecule has 1 aromatic rings. The molecule has 0 unspecified atom stereocenters. The number of benzene rings is 1. The molecule has 1 fully saturated rings. The lowest BCUT2D eigenvalue weighted by Gasteiger charge is -2.06. The number of aryl methyl sites for hydroxylation is 1. The number of hydrogen-bond donors (Lipinski definition) is 1. The van der Waals surface area contributed by atoms with Gasteiger partial charge in [-0.25, -0.2) is 4.39 Å². The van der Waals surface area contributed by atoms with Gasteiger partial charge in [0.05, 0.1) is 7.11 Å². The smallest absolute Gasteiger partial charge is 0.165 e. The number of methoxy groups -OCH3 is 1. The van der Waals surface area contributed by atoms with E-state index in [1.54, 1.807) is 12.1 Å². The molecule has 0 radical (unpaired) electrons. The van der Waals surface area contributed by atoms with Crippen LogP contribution in [0.5, 0.6) is 5.75 Å². The van der Waals surface area contributed by atoms with Crippen molar-refractivity contribution in [3.63, 3.8) is 0 Å². The molecule has 0 saturated heterocycles. The van der Waals surface area contributed by atoms with Crippen molar-refractivity contribution in [2.24, 2.45) is 0 Å². The van der Waals surface area contributed by atoms with Crippen molar-refractivity contribution in [1.29, 1.82) is 0 Å². The van der Waals surface area contributed by atoms with Gasteiger partial charge < -0.3 is 10.1 Å². The van der Waals surface area contributed by atoms with E-state index in [2.05, 4.69) is 5.32 Å². The van der Waals surface area contributed by atoms with Gasteiger partial charge in [-0.1, -0.05) is 12.5 Å². The molecule has 1 N–H and O–H groups in total. The summed E-state index contributed by atoms with van der Waals surface area (Å²) < 4.78 is 18.3. The van der Waals surface area contributed by atoms with Crippen molar-refractivity contribution >= 4 is 0 Å². The standard InChI is InChI=1S/C15H22FNO/c1-18-15-9-6-12(11-14(15)16)5-3-2-4-10-17-13-7-8-13/h6,9,11,13,17H,2-5,7-8,10H2,1H3. The zero-order chi connectivity index (χ0) is 12.8. The van der Waals surface area contributed by atoms with E-state index >= 15 is 0 Å². The van der Waals surface area contributed by atoms with Crippen LogP contribution >= 0.6 is 0 Å². The van der Waals surface area contributed by atoms with Gasteiger partial charge in [0.15, 0.2) is 11.6 Å². The molecule has 1 aromatic carbocycles. The summed E-state index contributed by atoms with van der Waals surface area (Å²) in [5.74, 6) is 0.0674. The second-order valence-corrected chi connectivity index (χ2v) is 5.01. The van der Waals surface area contributed by atoms with Crippen LogP contribution in [0, 0.1) is 5.82 Å². The maximum atomic E-state index is 13.4. The van der Waals surface area contributed by atoms with Crippen LogP contribution in [0.1, 0.15) is 37.7 Å². The predicted molar refractivity (Wildman–Crippen MR) is 71.5 cm³/mol. The van der Waals surface area contributed by atoms with Gasteiger partial charge in [-0.05, 0) is 56.3 Å². The van der Waals surface area contributed by atoms with E-state index in [4.69, 9.17) is 4.74 Å². The van der Waals surface area contributed by atoms with Gasteiger partial charge in [-0.3, -0.25) is 0 Å². The number of nitrogens with one attached hydrogen (secondary N) is 1. The Hall–Kier alpha value is -1.09. The van der Waals surface area contributed by atoms with Crippen molar-refractivity contribution in [2.45, 2.75) is 44.6 Å². The maximum absolute atomic E-state index is 13.4. The van der Waals surface area contributed by atoms with E-state index in [1.807, 2.05) is 6.07 Å². The summed E-state index contributed by atoms with van der Waals surface area (Å²) in [7, 11) is 1.49. The van der Waals surface area contributed by atoms with Crippen LogP contribution in [0.4, 0.5) is 4.39 Å². The van der Waals surface area contributed by atoms with E-state index in [0.29, 0.717) is 5.75 Å². The quantitative estimate of drug-likeness (QED) is 0.716. The summed E-state index contributed by atoms with van der Waals surface area (Å²) in [4.78, 5) is 0. The predicted octanol–water partition coefficient (Wildman–Crippen LogP) is 3.30. The van der Waals surface area contributed by atoms with Gasteiger partial charge in [0.1, 0.15) is 0 Å². The van der Waals surface area contributed by atoms with Crippen LogP contribution < -0.4 is 10.1 Å². The molecule has 18 heavy (non-hydrogen) atoms. The second-order valence-electron chi connectivity index (χ2n) is 5.01. The molecule has 3 heteroatoms. The summed E-state index contributed by atoms with van der Waals surface area (Å²) in [6.07, 6.45) is 7.20. The first kappa shape index (κ1) is 13.3. The first-order valence-corrected chi connectivity index (χ1v) is 6.85. The molecule has 0 heterocycles. The van der Waals surface area contributed by atoms with E-state index < -0.39 is 0 Å². The highest BCUT2D eigenvalue weighted by Gasteiger charge is 2.19. The highest BCUT2D eigenvalue weighted by atomic mass is 19.1. The monoisotopic (exact) mass is 251 g/mol. The van der Waals surface area contributed by atoms with Crippen molar-refractivity contribution in [1.82, 2.24) is 5.32 Å². The third-order valence-corrected chi connectivity index (χ3v) is 3.37. The fraction of sp³-hybridized carbons (Fsp3) is 0.600. The van der Waals surface area contributed by atoms with Crippen LogP contribution in [-0.2, 0) is 6.42 Å². The molecule has 0 aliphatic heterocycles. The van der Waals surface area contributed by atoms with Crippen LogP contribution in [0.15, 0.2) is 18.2 Å². The van der Waals surface area contributed by atoms with Crippen LogP contribution in [0.3, 0.4) is 0 Å². The van der Waals surface area contributed by atoms with Gasteiger partial charge in [0, 0.05) is 6.04 Å². The molecule has 0 bridgehead atoms. The van der Waals surface area contributed by atoms with Gasteiger partial charge in [-0.2, -0.15) is 0 Å². The van der Waals surface area contributed by atoms with Gasteiger partial charge in [0.2, 0.25) is 0 Å². The lowest BCUT2D eigenvalue weighted by Crippen LogP contribution is -2.17. The Bertz CT molecular complexity index is 377. The van der Waals surface area contributed by atoms with E-state index in [0.717, 1.165) is 31.0 Å². The molecular formula is C15H22FNO. The van der Waals surface area contributed by atoms with Crippen molar-refractivity contribution in [3.8, 4) is 5.75 Å². The highest BCUT2D eigenvalue weighted by Crippen LogP contribution is 2.20. The van der Waals surface area contributed by atoms with Crippen LogP contribution in [0.2, 0.25) is 0 Å². The Kier molecular flexibility index (Phi) is 5.00. The lowest BCUT2D eigenvalue weighted by molar-refractivity contribution is 0.386. The van der Waals surface area contributed by atoms with E-state index in [9.17, 15) is 4.39 Å². The van der Waals surface area contributed by atoms with Gasteiger partial charge in [0.25, 0.3) is 0 Å². The van der Waals surface area contributed by atoms with Crippen molar-refractivity contribution < 1.29 is 9.13 Å². The lowest BCUT2D eigenvalue weighted by atomic mass is 10.1. The fourth-order valence-corrected chi connectivity index (χ4v) is 2.09. The summed E-state index contributed by atoms with van der Waals surface area (Å²) in [5, 5.41) is 3.50. The topological polar surface area (TPSA) is 21.3 Å². The Balaban J connectivity index is 1.61. The minimum absolute atomic E-state index is 0.259. The Morgan fingerprint density at radius 3 is 2.78 bits per heavy atom. The molecule has 2 nitrogen and oxygen atoms in total. The number of rotatable bonds is 8. The number of hydrogen-bond acceptors (Lipinski definition) is 2. The third-order valence-electron chi connectivity index (χ3n) is 3.37. The summed E-state index contributed by atoms with van der Waals surface area (Å²) in [6.45, 7) is 1.13. The molecule has 2 rings (SSSR count). The summed E-state index contributed by atoms with van der Waals surface area (Å²) >= 11 is 0. The zero-order valence-corrected chi connectivity index (χ0v) is 11.0. The second kappa shape index (κ2) is 6.74. The Morgan fingerprint density at radius 2 is 2.11 bits per heavy atom. The van der Waals surface area contributed by atoms with Crippen LogP contribution in [-0.4, -0.2) is 19.7 Å². The van der Waals surface area contributed by atoms with Gasteiger partial charge >= 0.3 is 0 Å². The summed E-state index contributed by atoms with van der Waals surface area (Å²) in [5.41, 5.74) is 1.06. The molecule has 0 atom stereocenters. The van der Waals surface area contributed by atoms with E-state index in [1.165, 1.54) is 32.8 Å². The molecule has 0 amide bonds. The molecule has 100 valence electrons. The van der Waals surface area contributed by atoms with Crippen LogP contribution in [0.25, 0.3) is 0 Å². The average molecular weight is 251 g/mol. The molecule has 1 aliphatic carbocycles. The SMILES string of the molecule is COc1ccc(CCCCCNC2CC2)cc1F. The normalized spacial score (nSPS) is 14.8. The number of ether oxygens (including phenoxy) is 1. The Morgan fingerprint density at radius 1 is 1.28 bits per heavy atom. The number of halogens is 1. The zero-order valence-electron chi connectivity index (χ0n) is 11.0. The van der Waals surface area contributed by atoms with Crippen molar-refractivity contribution in [3.05, 3.63) is 29.6 Å². The molecule has 0 aromatic heterocycles. The van der Waals surface area contributed by atoms with E-state index in [-0.39, 0.29) is 5.82 Å². The summed E-state index contributed by atoms with van der Waals surface area (Å²) in [6, 6.07) is 6.05. The Labute approximate surface area is 109 Å². The highest BCUT2D eigenvalue weighted by molar-refractivity contribution is 5.29. The molecule has 1 aliphatic rings. The molecule has 1 saturated carbocycles.